The standard InChI is InChI=1S/C21H23Cl2N3O4S2/c22-15-3-5-18(23)20(13-15)31-19-6-4-17(26(27)28)14-21(19)32(29,30)25-11-7-16(8-12-25)24-9-1-2-10-24/h3-6,13-14,16H,1-2,7-12H2. The number of halogens is 2. The maximum Gasteiger partial charge on any atom is 0.270 e. The number of benzene rings is 2. The van der Waals surface area contributed by atoms with Crippen molar-refractivity contribution in [3.63, 3.8) is 0 Å². The van der Waals surface area contributed by atoms with Gasteiger partial charge in [0.15, 0.2) is 0 Å². The molecule has 0 aliphatic carbocycles. The lowest BCUT2D eigenvalue weighted by molar-refractivity contribution is -0.385. The van der Waals surface area contributed by atoms with Gasteiger partial charge >= 0.3 is 0 Å². The quantitative estimate of drug-likeness (QED) is 0.383. The Morgan fingerprint density at radius 3 is 2.31 bits per heavy atom. The van der Waals surface area contributed by atoms with Crippen molar-refractivity contribution >= 4 is 50.7 Å². The molecule has 2 saturated heterocycles. The van der Waals surface area contributed by atoms with E-state index in [9.17, 15) is 18.5 Å². The van der Waals surface area contributed by atoms with Gasteiger partial charge in [0.1, 0.15) is 4.90 Å². The predicted molar refractivity (Wildman–Crippen MR) is 126 cm³/mol. The van der Waals surface area contributed by atoms with Crippen LogP contribution in [-0.2, 0) is 10.0 Å². The number of nitro benzene ring substituents is 1. The van der Waals surface area contributed by atoms with Gasteiger partial charge in [-0.15, -0.1) is 0 Å². The highest BCUT2D eigenvalue weighted by Gasteiger charge is 2.34. The van der Waals surface area contributed by atoms with Crippen LogP contribution in [0.3, 0.4) is 0 Å². The van der Waals surface area contributed by atoms with E-state index >= 15 is 0 Å². The number of sulfonamides is 1. The minimum atomic E-state index is -3.93. The molecule has 0 radical (unpaired) electrons. The summed E-state index contributed by atoms with van der Waals surface area (Å²) in [5.74, 6) is 0. The molecule has 0 bridgehead atoms. The van der Waals surface area contributed by atoms with Crippen molar-refractivity contribution < 1.29 is 13.3 Å². The second-order valence-corrected chi connectivity index (χ2v) is 11.8. The summed E-state index contributed by atoms with van der Waals surface area (Å²) < 4.78 is 28.6. The Morgan fingerprint density at radius 1 is 0.969 bits per heavy atom. The van der Waals surface area contributed by atoms with Crippen LogP contribution in [0.5, 0.6) is 0 Å². The highest BCUT2D eigenvalue weighted by atomic mass is 35.5. The lowest BCUT2D eigenvalue weighted by Gasteiger charge is -2.36. The molecule has 2 aromatic carbocycles. The first-order valence-electron chi connectivity index (χ1n) is 10.4. The summed E-state index contributed by atoms with van der Waals surface area (Å²) in [5, 5.41) is 12.2. The molecule has 11 heteroatoms. The highest BCUT2D eigenvalue weighted by molar-refractivity contribution is 8.00. The number of nitro groups is 1. The first kappa shape index (κ1) is 23.8. The largest absolute Gasteiger partial charge is 0.300 e. The van der Waals surface area contributed by atoms with Crippen molar-refractivity contribution in [1.29, 1.82) is 0 Å². The van der Waals surface area contributed by atoms with Crippen LogP contribution in [0.1, 0.15) is 25.7 Å². The van der Waals surface area contributed by atoms with Crippen molar-refractivity contribution in [3.05, 3.63) is 56.6 Å². The van der Waals surface area contributed by atoms with E-state index in [1.54, 1.807) is 18.2 Å². The summed E-state index contributed by atoms with van der Waals surface area (Å²) in [7, 11) is -3.93. The number of rotatable bonds is 6. The van der Waals surface area contributed by atoms with Crippen LogP contribution in [-0.4, -0.2) is 54.8 Å². The van der Waals surface area contributed by atoms with Gasteiger partial charge in [-0.2, -0.15) is 4.31 Å². The molecule has 2 aliphatic heterocycles. The normalized spacial score (nSPS) is 18.8. The van der Waals surface area contributed by atoms with Crippen LogP contribution >= 0.6 is 35.0 Å². The molecule has 2 aromatic rings. The summed E-state index contributed by atoms with van der Waals surface area (Å²) in [6, 6.07) is 9.23. The fraction of sp³-hybridized carbons (Fsp3) is 0.429. The van der Waals surface area contributed by atoms with Crippen LogP contribution in [0.4, 0.5) is 5.69 Å². The lowest BCUT2D eigenvalue weighted by atomic mass is 10.1. The van der Waals surface area contributed by atoms with E-state index in [1.165, 1.54) is 29.3 Å². The molecule has 4 rings (SSSR count). The number of nitrogens with zero attached hydrogens (tertiary/aromatic N) is 3. The van der Waals surface area contributed by atoms with Crippen LogP contribution in [0, 0.1) is 10.1 Å². The van der Waals surface area contributed by atoms with Gasteiger partial charge in [0.2, 0.25) is 10.0 Å². The van der Waals surface area contributed by atoms with Gasteiger partial charge in [0.05, 0.1) is 9.95 Å². The molecule has 2 heterocycles. The first-order valence-corrected chi connectivity index (χ1v) is 13.4. The van der Waals surface area contributed by atoms with Crippen LogP contribution in [0.25, 0.3) is 0 Å². The van der Waals surface area contributed by atoms with E-state index in [-0.39, 0.29) is 10.6 Å². The van der Waals surface area contributed by atoms with Crippen molar-refractivity contribution in [1.82, 2.24) is 9.21 Å². The van der Waals surface area contributed by atoms with E-state index in [0.29, 0.717) is 39.0 Å². The zero-order valence-corrected chi connectivity index (χ0v) is 20.4. The predicted octanol–water partition coefficient (Wildman–Crippen LogP) is 5.30. The van der Waals surface area contributed by atoms with Gasteiger partial charge in [0, 0.05) is 46.1 Å². The second-order valence-electron chi connectivity index (χ2n) is 7.94. The highest BCUT2D eigenvalue weighted by Crippen LogP contribution is 2.40. The molecule has 0 amide bonds. The van der Waals surface area contributed by atoms with E-state index in [4.69, 9.17) is 23.2 Å². The van der Waals surface area contributed by atoms with E-state index in [1.807, 2.05) is 0 Å². The van der Waals surface area contributed by atoms with E-state index in [2.05, 4.69) is 4.90 Å². The molecule has 0 aromatic heterocycles. The molecule has 0 unspecified atom stereocenters. The zero-order valence-electron chi connectivity index (χ0n) is 17.2. The molecular weight excluding hydrogens is 493 g/mol. The Balaban J connectivity index is 1.63. The van der Waals surface area contributed by atoms with Gasteiger partial charge in [-0.25, -0.2) is 8.42 Å². The molecule has 7 nitrogen and oxygen atoms in total. The maximum absolute atomic E-state index is 13.6. The average molecular weight is 516 g/mol. The van der Waals surface area contributed by atoms with E-state index in [0.717, 1.165) is 43.8 Å². The smallest absolute Gasteiger partial charge is 0.270 e. The number of piperidine rings is 1. The Bertz CT molecular complexity index is 1120. The second kappa shape index (κ2) is 9.87. The Kier molecular flexibility index (Phi) is 7.33. The van der Waals surface area contributed by atoms with Gasteiger partial charge in [0.25, 0.3) is 5.69 Å². The molecule has 32 heavy (non-hydrogen) atoms. The van der Waals surface area contributed by atoms with Gasteiger partial charge < -0.3 is 4.90 Å². The van der Waals surface area contributed by atoms with Crippen molar-refractivity contribution in [2.75, 3.05) is 26.2 Å². The van der Waals surface area contributed by atoms with Crippen molar-refractivity contribution in [3.8, 4) is 0 Å². The third kappa shape index (κ3) is 5.08. The van der Waals surface area contributed by atoms with Crippen LogP contribution in [0.15, 0.2) is 51.1 Å². The molecule has 0 spiro atoms. The summed E-state index contributed by atoms with van der Waals surface area (Å²) in [6.45, 7) is 2.94. The van der Waals surface area contributed by atoms with E-state index < -0.39 is 14.9 Å². The maximum atomic E-state index is 13.6. The van der Waals surface area contributed by atoms with Gasteiger partial charge in [-0.3, -0.25) is 10.1 Å². The van der Waals surface area contributed by atoms with Gasteiger partial charge in [-0.1, -0.05) is 35.0 Å². The monoisotopic (exact) mass is 515 g/mol. The lowest BCUT2D eigenvalue weighted by Crippen LogP contribution is -2.45. The third-order valence-corrected chi connectivity index (χ3v) is 9.83. The van der Waals surface area contributed by atoms with Crippen LogP contribution in [0.2, 0.25) is 10.0 Å². The summed E-state index contributed by atoms with van der Waals surface area (Å²) >= 11 is 13.5. The molecule has 0 saturated carbocycles. The minimum Gasteiger partial charge on any atom is -0.300 e. The number of hydrogen-bond acceptors (Lipinski definition) is 6. The average Bonchev–Trinajstić information content (AvgIpc) is 3.31. The van der Waals surface area contributed by atoms with Gasteiger partial charge in [-0.05, 0) is 63.0 Å². The molecule has 0 atom stereocenters. The van der Waals surface area contributed by atoms with Crippen molar-refractivity contribution in [2.45, 2.75) is 46.4 Å². The Hall–Kier alpha value is -1.36. The Labute approximate surface area is 201 Å². The number of non-ortho nitro benzene ring substituents is 1. The topological polar surface area (TPSA) is 83.8 Å². The molecule has 2 fully saturated rings. The number of likely N-dealkylation sites (tertiary alicyclic amines) is 1. The number of hydrogen-bond donors (Lipinski definition) is 0. The molecule has 0 N–H and O–H groups in total. The summed E-state index contributed by atoms with van der Waals surface area (Å²) in [4.78, 5) is 14.1. The zero-order chi connectivity index (χ0) is 22.9. The van der Waals surface area contributed by atoms with Crippen molar-refractivity contribution in [2.24, 2.45) is 0 Å². The third-order valence-electron chi connectivity index (χ3n) is 5.95. The fourth-order valence-corrected chi connectivity index (χ4v) is 7.62. The summed E-state index contributed by atoms with van der Waals surface area (Å²) in [5.41, 5.74) is -0.267. The fourth-order valence-electron chi connectivity index (χ4n) is 4.26. The first-order chi connectivity index (χ1) is 15.3. The molecule has 172 valence electrons. The Morgan fingerprint density at radius 2 is 1.66 bits per heavy atom. The SMILES string of the molecule is O=[N+]([O-])c1ccc(Sc2cc(Cl)ccc2Cl)c(S(=O)(=O)N2CCC(N3CCCC3)CC2)c1. The summed E-state index contributed by atoms with van der Waals surface area (Å²) in [6.07, 6.45) is 3.91. The minimum absolute atomic E-state index is 0.0765. The molecular formula is C21H23Cl2N3O4S2. The molecule has 2 aliphatic rings. The van der Waals surface area contributed by atoms with Crippen LogP contribution < -0.4 is 0 Å².